The second-order valence-corrected chi connectivity index (χ2v) is 6.75. The van der Waals surface area contributed by atoms with Crippen LogP contribution in [0.1, 0.15) is 5.56 Å². The average molecular weight is 472 g/mol. The van der Waals surface area contributed by atoms with Crippen LogP contribution in [0.2, 0.25) is 5.02 Å². The molecule has 3 N–H and O–H groups in total. The molecule has 168 valence electrons. The molecule has 13 heteroatoms. The van der Waals surface area contributed by atoms with Crippen molar-refractivity contribution in [2.45, 2.75) is 6.18 Å². The molecule has 2 aromatic carbocycles. The molecule has 1 aliphatic rings. The lowest BCUT2D eigenvalue weighted by atomic mass is 10.1. The molecule has 0 aromatic heterocycles. The summed E-state index contributed by atoms with van der Waals surface area (Å²) in [5, 5.41) is 5.60. The Balaban J connectivity index is 1.83. The van der Waals surface area contributed by atoms with E-state index in [1.807, 2.05) is 0 Å². The Kier molecular flexibility index (Phi) is 6.25. The number of hydrogen-bond acceptors (Lipinski definition) is 6. The van der Waals surface area contributed by atoms with E-state index in [0.29, 0.717) is 6.07 Å². The number of carbonyl (C=O) groups is 4. The van der Waals surface area contributed by atoms with Gasteiger partial charge < -0.3 is 14.8 Å². The summed E-state index contributed by atoms with van der Waals surface area (Å²) in [7, 11) is 1.31. The molecule has 0 atom stereocenters. The molecule has 2 aromatic rings. The van der Waals surface area contributed by atoms with Gasteiger partial charge in [0.15, 0.2) is 17.4 Å². The second-order valence-electron chi connectivity index (χ2n) is 6.34. The van der Waals surface area contributed by atoms with Gasteiger partial charge in [0, 0.05) is 11.8 Å². The summed E-state index contributed by atoms with van der Waals surface area (Å²) in [6.07, 6.45) is -4.59. The predicted molar refractivity (Wildman–Crippen MR) is 103 cm³/mol. The van der Waals surface area contributed by atoms with E-state index in [1.165, 1.54) is 25.3 Å². The van der Waals surface area contributed by atoms with Crippen LogP contribution >= 0.6 is 11.6 Å². The first-order valence-electron chi connectivity index (χ1n) is 8.69. The van der Waals surface area contributed by atoms with Gasteiger partial charge in [-0.2, -0.15) is 13.2 Å². The Bertz CT molecular complexity index is 1100. The van der Waals surface area contributed by atoms with Crippen LogP contribution in [-0.4, -0.2) is 30.9 Å². The molecule has 1 saturated heterocycles. The predicted octanol–water partition coefficient (Wildman–Crippen LogP) is 3.08. The number of alkyl halides is 3. The van der Waals surface area contributed by atoms with Gasteiger partial charge in [-0.25, -0.2) is 4.79 Å². The standard InChI is InChI=1S/C19H13ClF3N3O6/c1-31-12-5-3-9(24-15(27)14-16(28)25-18(30)26-17(14)29)7-13(12)32-11-4-2-8(6-10(11)20)19(21,22)23/h2-7,14H,1H3,(H,24,27)(H2,25,26,28,29,30). The molecule has 0 unspecified atom stereocenters. The molecule has 0 saturated carbocycles. The maximum atomic E-state index is 12.8. The lowest BCUT2D eigenvalue weighted by Crippen LogP contribution is -2.58. The van der Waals surface area contributed by atoms with Crippen molar-refractivity contribution in [2.75, 3.05) is 12.4 Å². The Morgan fingerprint density at radius 3 is 2.19 bits per heavy atom. The topological polar surface area (TPSA) is 123 Å². The zero-order chi connectivity index (χ0) is 23.6. The number of barbiturate groups is 1. The van der Waals surface area contributed by atoms with Crippen molar-refractivity contribution in [2.24, 2.45) is 5.92 Å². The summed E-state index contributed by atoms with van der Waals surface area (Å²) >= 11 is 5.90. The maximum Gasteiger partial charge on any atom is 0.416 e. The van der Waals surface area contributed by atoms with Gasteiger partial charge in [-0.05, 0) is 30.3 Å². The number of amides is 5. The van der Waals surface area contributed by atoms with Crippen molar-refractivity contribution in [1.29, 1.82) is 0 Å². The van der Waals surface area contributed by atoms with Crippen LogP contribution in [0.4, 0.5) is 23.7 Å². The Morgan fingerprint density at radius 2 is 1.62 bits per heavy atom. The van der Waals surface area contributed by atoms with Gasteiger partial charge in [-0.3, -0.25) is 25.0 Å². The minimum absolute atomic E-state index is 0.0281. The first kappa shape index (κ1) is 22.9. The second kappa shape index (κ2) is 8.75. The van der Waals surface area contributed by atoms with Crippen molar-refractivity contribution in [1.82, 2.24) is 10.6 Å². The molecule has 0 spiro atoms. The van der Waals surface area contributed by atoms with Gasteiger partial charge in [0.2, 0.25) is 17.7 Å². The highest BCUT2D eigenvalue weighted by molar-refractivity contribution is 6.32. The summed E-state index contributed by atoms with van der Waals surface area (Å²) in [5.74, 6) is -5.04. The minimum atomic E-state index is -4.59. The Morgan fingerprint density at radius 1 is 1.00 bits per heavy atom. The number of halogens is 4. The largest absolute Gasteiger partial charge is 0.493 e. The molecular formula is C19H13ClF3N3O6. The number of ether oxygens (including phenoxy) is 2. The van der Waals surface area contributed by atoms with Crippen molar-refractivity contribution >= 4 is 41.0 Å². The van der Waals surface area contributed by atoms with Gasteiger partial charge in [-0.1, -0.05) is 11.6 Å². The fraction of sp³-hybridized carbons (Fsp3) is 0.158. The van der Waals surface area contributed by atoms with E-state index in [9.17, 15) is 32.3 Å². The number of carbonyl (C=O) groups excluding carboxylic acids is 4. The monoisotopic (exact) mass is 471 g/mol. The zero-order valence-corrected chi connectivity index (χ0v) is 16.8. The molecule has 32 heavy (non-hydrogen) atoms. The average Bonchev–Trinajstić information content (AvgIpc) is 2.68. The Labute approximate surface area is 182 Å². The summed E-state index contributed by atoms with van der Waals surface area (Å²) < 4.78 is 49.1. The Hall–Kier alpha value is -3.80. The smallest absolute Gasteiger partial charge is 0.416 e. The molecule has 0 radical (unpaired) electrons. The number of benzene rings is 2. The highest BCUT2D eigenvalue weighted by atomic mass is 35.5. The van der Waals surface area contributed by atoms with E-state index >= 15 is 0 Å². The summed E-state index contributed by atoms with van der Waals surface area (Å²) in [6, 6.07) is 5.42. The fourth-order valence-corrected chi connectivity index (χ4v) is 2.90. The minimum Gasteiger partial charge on any atom is -0.493 e. The van der Waals surface area contributed by atoms with E-state index in [-0.39, 0.29) is 28.0 Å². The van der Waals surface area contributed by atoms with E-state index in [1.54, 1.807) is 10.6 Å². The SMILES string of the molecule is COc1ccc(NC(=O)C2C(=O)NC(=O)NC2=O)cc1Oc1ccc(C(F)(F)F)cc1Cl. The van der Waals surface area contributed by atoms with Crippen LogP contribution in [0.5, 0.6) is 17.2 Å². The van der Waals surface area contributed by atoms with E-state index in [2.05, 4.69) is 5.32 Å². The highest BCUT2D eigenvalue weighted by Crippen LogP contribution is 2.39. The quantitative estimate of drug-likeness (QED) is 0.576. The van der Waals surface area contributed by atoms with E-state index in [0.717, 1.165) is 12.1 Å². The maximum absolute atomic E-state index is 12.8. The number of hydrogen-bond donors (Lipinski definition) is 3. The first-order chi connectivity index (χ1) is 15.0. The molecular weight excluding hydrogens is 459 g/mol. The number of methoxy groups -OCH3 is 1. The number of nitrogens with one attached hydrogen (secondary N) is 3. The molecule has 1 fully saturated rings. The number of rotatable bonds is 5. The van der Waals surface area contributed by atoms with Gasteiger partial charge in [-0.15, -0.1) is 0 Å². The van der Waals surface area contributed by atoms with Gasteiger partial charge in [0.1, 0.15) is 5.75 Å². The molecule has 5 amide bonds. The van der Waals surface area contributed by atoms with Crippen LogP contribution in [0.25, 0.3) is 0 Å². The van der Waals surface area contributed by atoms with Gasteiger partial charge >= 0.3 is 12.2 Å². The number of urea groups is 1. The van der Waals surface area contributed by atoms with Crippen LogP contribution in [0.3, 0.4) is 0 Å². The van der Waals surface area contributed by atoms with E-state index in [4.69, 9.17) is 21.1 Å². The normalized spacial score (nSPS) is 14.5. The zero-order valence-electron chi connectivity index (χ0n) is 16.0. The molecule has 0 bridgehead atoms. The molecule has 0 aliphatic carbocycles. The number of imide groups is 2. The summed E-state index contributed by atoms with van der Waals surface area (Å²) in [4.78, 5) is 47.1. The van der Waals surface area contributed by atoms with Crippen LogP contribution in [0, 0.1) is 5.92 Å². The molecule has 1 aliphatic heterocycles. The van der Waals surface area contributed by atoms with Crippen molar-refractivity contribution < 1.29 is 41.8 Å². The van der Waals surface area contributed by atoms with Gasteiger partial charge in [0.25, 0.3) is 0 Å². The third kappa shape index (κ3) is 4.91. The number of anilines is 1. The van der Waals surface area contributed by atoms with Crippen LogP contribution in [0.15, 0.2) is 36.4 Å². The third-order valence-corrected chi connectivity index (χ3v) is 4.47. The lowest BCUT2D eigenvalue weighted by Gasteiger charge is -2.20. The van der Waals surface area contributed by atoms with Gasteiger partial charge in [0.05, 0.1) is 17.7 Å². The highest BCUT2D eigenvalue weighted by Gasteiger charge is 2.40. The van der Waals surface area contributed by atoms with Crippen molar-refractivity contribution in [3.05, 3.63) is 47.0 Å². The molecule has 1 heterocycles. The van der Waals surface area contributed by atoms with Crippen LogP contribution in [-0.2, 0) is 20.6 Å². The first-order valence-corrected chi connectivity index (χ1v) is 9.06. The third-order valence-electron chi connectivity index (χ3n) is 4.17. The lowest BCUT2D eigenvalue weighted by molar-refractivity contribution is -0.141. The molecule has 3 rings (SSSR count). The van der Waals surface area contributed by atoms with E-state index < -0.39 is 41.4 Å². The molecule has 9 nitrogen and oxygen atoms in total. The van der Waals surface area contributed by atoms with Crippen LogP contribution < -0.4 is 25.4 Å². The summed E-state index contributed by atoms with van der Waals surface area (Å²) in [6.45, 7) is 0. The van der Waals surface area contributed by atoms with Crippen molar-refractivity contribution in [3.63, 3.8) is 0 Å². The summed E-state index contributed by atoms with van der Waals surface area (Å²) in [5.41, 5.74) is -0.906. The fourth-order valence-electron chi connectivity index (χ4n) is 2.68. The van der Waals surface area contributed by atoms with Crippen molar-refractivity contribution in [3.8, 4) is 17.2 Å².